The second-order valence-electron chi connectivity index (χ2n) is 4.18. The number of nitrogens with zero attached hydrogens (tertiary/aromatic N) is 1. The van der Waals surface area contributed by atoms with Gasteiger partial charge in [0.05, 0.1) is 20.3 Å². The number of ether oxygens (including phenoxy) is 2. The number of hydrogen-bond acceptors (Lipinski definition) is 4. The molecule has 1 aromatic rings. The van der Waals surface area contributed by atoms with Gasteiger partial charge in [-0.15, -0.1) is 0 Å². The van der Waals surface area contributed by atoms with Gasteiger partial charge in [0.2, 0.25) is 0 Å². The summed E-state index contributed by atoms with van der Waals surface area (Å²) in [6, 6.07) is 8.39. The van der Waals surface area contributed by atoms with Gasteiger partial charge < -0.3 is 15.2 Å². The van der Waals surface area contributed by atoms with Crippen molar-refractivity contribution >= 4 is 0 Å². The van der Waals surface area contributed by atoms with Crippen molar-refractivity contribution in [1.29, 1.82) is 0 Å². The highest BCUT2D eigenvalue weighted by Crippen LogP contribution is 2.24. The molecule has 17 heavy (non-hydrogen) atoms. The van der Waals surface area contributed by atoms with Gasteiger partial charge in [-0.25, -0.2) is 0 Å². The van der Waals surface area contributed by atoms with Gasteiger partial charge in [0, 0.05) is 25.7 Å². The molecule has 0 aliphatic carbocycles. The summed E-state index contributed by atoms with van der Waals surface area (Å²) < 4.78 is 10.6. The summed E-state index contributed by atoms with van der Waals surface area (Å²) in [6.07, 6.45) is 0. The Hall–Kier alpha value is -1.10. The van der Waals surface area contributed by atoms with Gasteiger partial charge >= 0.3 is 0 Å². The molecule has 1 aromatic carbocycles. The third-order valence-corrected chi connectivity index (χ3v) is 3.19. The molecular formula is C13H20N2O2. The molecule has 1 aliphatic heterocycles. The molecule has 0 aromatic heterocycles. The molecule has 0 saturated carbocycles. The third-order valence-electron chi connectivity index (χ3n) is 3.19. The zero-order valence-electron chi connectivity index (χ0n) is 10.3. The second-order valence-corrected chi connectivity index (χ2v) is 4.18. The number of hydrogen-bond donors (Lipinski definition) is 1. The van der Waals surface area contributed by atoms with Crippen LogP contribution in [0.5, 0.6) is 5.75 Å². The van der Waals surface area contributed by atoms with Crippen molar-refractivity contribution in [2.45, 2.75) is 6.04 Å². The van der Waals surface area contributed by atoms with Crippen LogP contribution in [-0.4, -0.2) is 44.9 Å². The fraction of sp³-hybridized carbons (Fsp3) is 0.538. The van der Waals surface area contributed by atoms with E-state index in [4.69, 9.17) is 15.2 Å². The van der Waals surface area contributed by atoms with Gasteiger partial charge in [0.15, 0.2) is 0 Å². The van der Waals surface area contributed by atoms with Crippen LogP contribution in [0, 0.1) is 0 Å². The Morgan fingerprint density at radius 3 is 2.82 bits per heavy atom. The smallest absolute Gasteiger partial charge is 0.119 e. The van der Waals surface area contributed by atoms with Gasteiger partial charge in [-0.1, -0.05) is 12.1 Å². The predicted molar refractivity (Wildman–Crippen MR) is 67.2 cm³/mol. The van der Waals surface area contributed by atoms with Gasteiger partial charge in [-0.05, 0) is 17.7 Å². The highest BCUT2D eigenvalue weighted by atomic mass is 16.5. The molecule has 4 nitrogen and oxygen atoms in total. The van der Waals surface area contributed by atoms with E-state index >= 15 is 0 Å². The SMILES string of the molecule is COc1cccc([C@H](CN)N2CCOCC2)c1. The van der Waals surface area contributed by atoms with E-state index in [1.54, 1.807) is 7.11 Å². The average molecular weight is 236 g/mol. The molecule has 0 bridgehead atoms. The van der Waals surface area contributed by atoms with E-state index in [1.807, 2.05) is 12.1 Å². The summed E-state index contributed by atoms with van der Waals surface area (Å²) in [6.45, 7) is 4.09. The predicted octanol–water partition coefficient (Wildman–Crippen LogP) is 1.03. The number of methoxy groups -OCH3 is 1. The molecule has 0 amide bonds. The monoisotopic (exact) mass is 236 g/mol. The Balaban J connectivity index is 2.15. The molecule has 2 N–H and O–H groups in total. The van der Waals surface area contributed by atoms with Crippen molar-refractivity contribution in [2.24, 2.45) is 5.73 Å². The molecule has 0 radical (unpaired) electrons. The summed E-state index contributed by atoms with van der Waals surface area (Å²) in [5, 5.41) is 0. The second kappa shape index (κ2) is 6.00. The topological polar surface area (TPSA) is 47.7 Å². The van der Waals surface area contributed by atoms with Crippen LogP contribution in [0.3, 0.4) is 0 Å². The molecule has 1 saturated heterocycles. The Morgan fingerprint density at radius 1 is 1.41 bits per heavy atom. The fourth-order valence-corrected chi connectivity index (χ4v) is 2.23. The summed E-state index contributed by atoms with van der Waals surface area (Å²) in [5.41, 5.74) is 7.12. The molecule has 2 rings (SSSR count). The Morgan fingerprint density at radius 2 is 2.18 bits per heavy atom. The molecule has 1 aliphatic rings. The maximum atomic E-state index is 5.90. The van der Waals surface area contributed by atoms with Crippen LogP contribution >= 0.6 is 0 Å². The molecule has 0 spiro atoms. The van der Waals surface area contributed by atoms with Crippen LogP contribution in [0.2, 0.25) is 0 Å². The van der Waals surface area contributed by atoms with Gasteiger partial charge in [-0.3, -0.25) is 4.90 Å². The number of benzene rings is 1. The standard InChI is InChI=1S/C13H20N2O2/c1-16-12-4-2-3-11(9-12)13(10-14)15-5-7-17-8-6-15/h2-4,9,13H,5-8,10,14H2,1H3/t13-/m0/s1. The van der Waals surface area contributed by atoms with E-state index < -0.39 is 0 Å². The Labute approximate surface area is 102 Å². The minimum atomic E-state index is 0.258. The first-order valence-corrected chi connectivity index (χ1v) is 6.01. The minimum absolute atomic E-state index is 0.258. The van der Waals surface area contributed by atoms with Crippen LogP contribution in [0.1, 0.15) is 11.6 Å². The highest BCUT2D eigenvalue weighted by Gasteiger charge is 2.21. The van der Waals surface area contributed by atoms with Crippen LogP contribution in [-0.2, 0) is 4.74 Å². The van der Waals surface area contributed by atoms with Crippen molar-refractivity contribution in [3.05, 3.63) is 29.8 Å². The lowest BCUT2D eigenvalue weighted by Crippen LogP contribution is -2.41. The zero-order chi connectivity index (χ0) is 12.1. The Bertz CT molecular complexity index is 351. The largest absolute Gasteiger partial charge is 0.497 e. The average Bonchev–Trinajstić information content (AvgIpc) is 2.41. The lowest BCUT2D eigenvalue weighted by atomic mass is 10.0. The molecule has 1 fully saturated rings. The summed E-state index contributed by atoms with van der Waals surface area (Å²) in [7, 11) is 1.69. The van der Waals surface area contributed by atoms with Crippen LogP contribution < -0.4 is 10.5 Å². The quantitative estimate of drug-likeness (QED) is 0.848. The van der Waals surface area contributed by atoms with Crippen molar-refractivity contribution in [3.63, 3.8) is 0 Å². The van der Waals surface area contributed by atoms with Gasteiger partial charge in [0.25, 0.3) is 0 Å². The summed E-state index contributed by atoms with van der Waals surface area (Å²) in [5.74, 6) is 0.884. The van der Waals surface area contributed by atoms with Crippen molar-refractivity contribution in [2.75, 3.05) is 40.0 Å². The van der Waals surface area contributed by atoms with E-state index in [0.717, 1.165) is 32.1 Å². The maximum Gasteiger partial charge on any atom is 0.119 e. The van der Waals surface area contributed by atoms with Crippen molar-refractivity contribution < 1.29 is 9.47 Å². The summed E-state index contributed by atoms with van der Waals surface area (Å²) in [4.78, 5) is 2.37. The molecule has 0 unspecified atom stereocenters. The van der Waals surface area contributed by atoms with Crippen molar-refractivity contribution in [3.8, 4) is 5.75 Å². The fourth-order valence-electron chi connectivity index (χ4n) is 2.23. The zero-order valence-corrected chi connectivity index (χ0v) is 10.3. The first-order valence-electron chi connectivity index (χ1n) is 6.01. The van der Waals surface area contributed by atoms with Crippen LogP contribution in [0.25, 0.3) is 0 Å². The van der Waals surface area contributed by atoms with E-state index in [0.29, 0.717) is 6.54 Å². The third kappa shape index (κ3) is 2.97. The van der Waals surface area contributed by atoms with Crippen LogP contribution in [0.4, 0.5) is 0 Å². The van der Waals surface area contributed by atoms with E-state index in [2.05, 4.69) is 17.0 Å². The maximum absolute atomic E-state index is 5.90. The van der Waals surface area contributed by atoms with Crippen LogP contribution in [0.15, 0.2) is 24.3 Å². The lowest BCUT2D eigenvalue weighted by molar-refractivity contribution is 0.0178. The highest BCUT2D eigenvalue weighted by molar-refractivity contribution is 5.30. The first-order chi connectivity index (χ1) is 8.35. The molecular weight excluding hydrogens is 216 g/mol. The molecule has 94 valence electrons. The van der Waals surface area contributed by atoms with Gasteiger partial charge in [0.1, 0.15) is 5.75 Å². The lowest BCUT2D eigenvalue weighted by Gasteiger charge is -2.34. The molecule has 4 heteroatoms. The minimum Gasteiger partial charge on any atom is -0.497 e. The van der Waals surface area contributed by atoms with Gasteiger partial charge in [-0.2, -0.15) is 0 Å². The Kier molecular flexibility index (Phi) is 4.36. The van der Waals surface area contributed by atoms with E-state index in [9.17, 15) is 0 Å². The number of nitrogens with two attached hydrogens (primary N) is 1. The normalized spacial score (nSPS) is 18.9. The molecule has 1 heterocycles. The molecule has 1 atom stereocenters. The number of rotatable bonds is 4. The number of morpholine rings is 1. The van der Waals surface area contributed by atoms with E-state index in [-0.39, 0.29) is 6.04 Å². The summed E-state index contributed by atoms with van der Waals surface area (Å²) >= 11 is 0. The van der Waals surface area contributed by atoms with E-state index in [1.165, 1.54) is 5.56 Å². The first kappa shape index (κ1) is 12.4. The van der Waals surface area contributed by atoms with Crippen molar-refractivity contribution in [1.82, 2.24) is 4.90 Å².